The topological polar surface area (TPSA) is 46.3 Å². The summed E-state index contributed by atoms with van der Waals surface area (Å²) in [6.07, 6.45) is 4.75. The van der Waals surface area contributed by atoms with E-state index >= 15 is 0 Å². The lowest BCUT2D eigenvalue weighted by Gasteiger charge is -2.35. The lowest BCUT2D eigenvalue weighted by atomic mass is 9.81. The molecule has 0 bridgehead atoms. The van der Waals surface area contributed by atoms with Crippen LogP contribution in [0.3, 0.4) is 0 Å². The molecule has 0 aromatic heterocycles. The van der Waals surface area contributed by atoms with E-state index in [1.54, 1.807) is 24.1 Å². The number of amides is 1. The van der Waals surface area contributed by atoms with Gasteiger partial charge < -0.3 is 10.6 Å². The van der Waals surface area contributed by atoms with E-state index in [9.17, 15) is 4.79 Å². The van der Waals surface area contributed by atoms with Crippen molar-refractivity contribution in [2.24, 2.45) is 5.73 Å². The minimum absolute atomic E-state index is 0.00298. The zero-order valence-corrected chi connectivity index (χ0v) is 13.2. The highest BCUT2D eigenvalue weighted by Crippen LogP contribution is 2.28. The average Bonchev–Trinajstić information content (AvgIpc) is 2.42. The van der Waals surface area contributed by atoms with Crippen molar-refractivity contribution in [1.82, 2.24) is 4.90 Å². The smallest absolute Gasteiger partial charge is 0.242 e. The molecule has 0 spiro atoms. The maximum absolute atomic E-state index is 12.5. The summed E-state index contributed by atoms with van der Waals surface area (Å²) in [5.41, 5.74) is 6.45. The third-order valence-electron chi connectivity index (χ3n) is 3.94. The zero-order valence-electron chi connectivity index (χ0n) is 11.7. The molecule has 5 heteroatoms. The van der Waals surface area contributed by atoms with Crippen molar-refractivity contribution in [1.29, 1.82) is 0 Å². The molecule has 0 saturated heterocycles. The van der Waals surface area contributed by atoms with Crippen LogP contribution in [0.15, 0.2) is 18.2 Å². The number of hydrogen-bond donors (Lipinski definition) is 1. The van der Waals surface area contributed by atoms with Crippen LogP contribution in [-0.4, -0.2) is 23.4 Å². The highest BCUT2D eigenvalue weighted by atomic mass is 35.5. The minimum atomic E-state index is -0.702. The number of benzene rings is 1. The molecule has 110 valence electrons. The normalized spacial score (nSPS) is 17.8. The van der Waals surface area contributed by atoms with Crippen LogP contribution in [0.1, 0.15) is 37.7 Å². The van der Waals surface area contributed by atoms with E-state index in [0.29, 0.717) is 16.6 Å². The first kappa shape index (κ1) is 15.6. The van der Waals surface area contributed by atoms with Crippen LogP contribution in [0.25, 0.3) is 0 Å². The Morgan fingerprint density at radius 3 is 2.55 bits per heavy atom. The lowest BCUT2D eigenvalue weighted by Crippen LogP contribution is -2.55. The first-order chi connectivity index (χ1) is 9.42. The first-order valence-corrected chi connectivity index (χ1v) is 7.66. The van der Waals surface area contributed by atoms with E-state index < -0.39 is 5.54 Å². The van der Waals surface area contributed by atoms with Crippen molar-refractivity contribution in [2.45, 2.75) is 44.2 Å². The number of nitrogens with zero attached hydrogens (tertiary/aromatic N) is 1. The first-order valence-electron chi connectivity index (χ1n) is 6.91. The maximum Gasteiger partial charge on any atom is 0.242 e. The monoisotopic (exact) mass is 314 g/mol. The summed E-state index contributed by atoms with van der Waals surface area (Å²) >= 11 is 12.0. The van der Waals surface area contributed by atoms with Gasteiger partial charge in [-0.05, 0) is 30.5 Å². The van der Waals surface area contributed by atoms with E-state index in [-0.39, 0.29) is 5.91 Å². The van der Waals surface area contributed by atoms with Gasteiger partial charge in [0.1, 0.15) is 0 Å². The zero-order chi connectivity index (χ0) is 14.8. The van der Waals surface area contributed by atoms with E-state index in [1.165, 1.54) is 6.42 Å². The molecule has 1 fully saturated rings. The maximum atomic E-state index is 12.5. The third-order valence-corrected chi connectivity index (χ3v) is 4.53. The van der Waals surface area contributed by atoms with Crippen LogP contribution in [0, 0.1) is 0 Å². The van der Waals surface area contributed by atoms with Crippen LogP contribution in [0.4, 0.5) is 0 Å². The van der Waals surface area contributed by atoms with E-state index in [1.807, 2.05) is 6.07 Å². The van der Waals surface area contributed by atoms with Crippen LogP contribution < -0.4 is 5.73 Å². The van der Waals surface area contributed by atoms with Crippen molar-refractivity contribution in [2.75, 3.05) is 7.05 Å². The number of carbonyl (C=O) groups is 1. The number of rotatable bonds is 3. The quantitative estimate of drug-likeness (QED) is 0.926. The molecule has 1 aromatic carbocycles. The van der Waals surface area contributed by atoms with Gasteiger partial charge in [0.2, 0.25) is 5.91 Å². The summed E-state index contributed by atoms with van der Waals surface area (Å²) in [5, 5.41) is 1.17. The Bertz CT molecular complexity index is 499. The summed E-state index contributed by atoms with van der Waals surface area (Å²) in [6, 6.07) is 5.31. The Hall–Kier alpha value is -0.770. The summed E-state index contributed by atoms with van der Waals surface area (Å²) in [7, 11) is 1.77. The minimum Gasteiger partial charge on any atom is -0.340 e. The number of carbonyl (C=O) groups excluding carboxylic acids is 1. The van der Waals surface area contributed by atoms with Gasteiger partial charge in [-0.25, -0.2) is 0 Å². The fourth-order valence-electron chi connectivity index (χ4n) is 2.75. The van der Waals surface area contributed by atoms with Crippen LogP contribution in [0.5, 0.6) is 0 Å². The van der Waals surface area contributed by atoms with Crippen molar-refractivity contribution in [3.63, 3.8) is 0 Å². The molecular formula is C15H20Cl2N2O. The predicted molar refractivity (Wildman–Crippen MR) is 82.9 cm³/mol. The molecule has 20 heavy (non-hydrogen) atoms. The number of hydrogen-bond acceptors (Lipinski definition) is 2. The fraction of sp³-hybridized carbons (Fsp3) is 0.533. The lowest BCUT2D eigenvalue weighted by molar-refractivity contribution is -0.137. The molecule has 3 nitrogen and oxygen atoms in total. The highest BCUT2D eigenvalue weighted by Gasteiger charge is 2.37. The molecule has 2 N–H and O–H groups in total. The number of nitrogens with two attached hydrogens (primary N) is 1. The summed E-state index contributed by atoms with van der Waals surface area (Å²) in [5.74, 6) is 0.00298. The molecule has 0 aliphatic heterocycles. The van der Waals surface area contributed by atoms with Crippen molar-refractivity contribution in [3.05, 3.63) is 33.8 Å². The molecule has 2 rings (SSSR count). The van der Waals surface area contributed by atoms with E-state index in [0.717, 1.165) is 31.2 Å². The Balaban J connectivity index is 2.07. The summed E-state index contributed by atoms with van der Waals surface area (Å²) in [6.45, 7) is 0.452. The van der Waals surface area contributed by atoms with Crippen LogP contribution >= 0.6 is 23.2 Å². The molecule has 0 atom stereocenters. The Labute approximate surface area is 130 Å². The highest BCUT2D eigenvalue weighted by molar-refractivity contribution is 6.35. The molecule has 1 aromatic rings. The predicted octanol–water partition coefficient (Wildman–Crippen LogP) is 3.61. The molecule has 0 radical (unpaired) electrons. The van der Waals surface area contributed by atoms with Gasteiger partial charge in [0.25, 0.3) is 0 Å². The van der Waals surface area contributed by atoms with Gasteiger partial charge in [0.05, 0.1) is 5.54 Å². The molecule has 1 saturated carbocycles. The van der Waals surface area contributed by atoms with Crippen LogP contribution in [-0.2, 0) is 11.3 Å². The van der Waals surface area contributed by atoms with Crippen LogP contribution in [0.2, 0.25) is 10.0 Å². The van der Waals surface area contributed by atoms with Crippen molar-refractivity contribution < 1.29 is 4.79 Å². The van der Waals surface area contributed by atoms with E-state index in [4.69, 9.17) is 28.9 Å². The summed E-state index contributed by atoms with van der Waals surface area (Å²) in [4.78, 5) is 14.2. The number of likely N-dealkylation sites (N-methyl/N-ethyl adjacent to an activating group) is 1. The van der Waals surface area contributed by atoms with Gasteiger partial charge in [-0.3, -0.25) is 4.79 Å². The second-order valence-electron chi connectivity index (χ2n) is 5.61. The van der Waals surface area contributed by atoms with Gasteiger partial charge in [-0.1, -0.05) is 48.5 Å². The Morgan fingerprint density at radius 2 is 1.95 bits per heavy atom. The van der Waals surface area contributed by atoms with E-state index in [2.05, 4.69) is 0 Å². The fourth-order valence-corrected chi connectivity index (χ4v) is 3.22. The van der Waals surface area contributed by atoms with Gasteiger partial charge in [0, 0.05) is 23.6 Å². The molecule has 1 amide bonds. The van der Waals surface area contributed by atoms with Gasteiger partial charge in [0.15, 0.2) is 0 Å². The Kier molecular flexibility index (Phi) is 4.95. The molecule has 1 aliphatic carbocycles. The second-order valence-corrected chi connectivity index (χ2v) is 6.46. The standard InChI is InChI=1S/C15H20Cl2N2O/c1-19(10-11-5-6-12(16)9-13(11)17)14(20)15(18)7-3-2-4-8-15/h5-6,9H,2-4,7-8,10,18H2,1H3. The summed E-state index contributed by atoms with van der Waals surface area (Å²) < 4.78 is 0. The molecular weight excluding hydrogens is 295 g/mol. The SMILES string of the molecule is CN(Cc1ccc(Cl)cc1Cl)C(=O)C1(N)CCCCC1. The molecule has 0 heterocycles. The molecule has 0 unspecified atom stereocenters. The third kappa shape index (κ3) is 3.46. The Morgan fingerprint density at radius 1 is 1.30 bits per heavy atom. The second kappa shape index (κ2) is 6.33. The number of halogens is 2. The van der Waals surface area contributed by atoms with Crippen molar-refractivity contribution in [3.8, 4) is 0 Å². The van der Waals surface area contributed by atoms with Crippen molar-refractivity contribution >= 4 is 29.1 Å². The molecule has 1 aliphatic rings. The van der Waals surface area contributed by atoms with Gasteiger partial charge in [-0.15, -0.1) is 0 Å². The van der Waals surface area contributed by atoms with Gasteiger partial charge >= 0.3 is 0 Å². The average molecular weight is 315 g/mol. The largest absolute Gasteiger partial charge is 0.340 e. The van der Waals surface area contributed by atoms with Gasteiger partial charge in [-0.2, -0.15) is 0 Å².